The van der Waals surface area contributed by atoms with E-state index in [2.05, 4.69) is 9.97 Å². The van der Waals surface area contributed by atoms with Gasteiger partial charge in [0.25, 0.3) is 0 Å². The minimum atomic E-state index is -0.724. The highest BCUT2D eigenvalue weighted by Gasteiger charge is 2.10. The molecule has 0 aliphatic rings. The van der Waals surface area contributed by atoms with Crippen molar-refractivity contribution in [3.8, 4) is 11.3 Å². The lowest BCUT2D eigenvalue weighted by atomic mass is 10.1. The first-order chi connectivity index (χ1) is 7.72. The standard InChI is InChI=1S/C12H15N3O/c1-8-4-2-3-5-9(8)10-7-14-12(15-10)11(16)6-13/h2-5,7,11,16H,6,13H2,1H3,(H,14,15). The van der Waals surface area contributed by atoms with Gasteiger partial charge in [0, 0.05) is 12.1 Å². The molecule has 0 saturated heterocycles. The second kappa shape index (κ2) is 4.47. The number of H-pyrrole nitrogens is 1. The molecular formula is C12H15N3O. The smallest absolute Gasteiger partial charge is 0.136 e. The van der Waals surface area contributed by atoms with E-state index in [0.29, 0.717) is 5.82 Å². The lowest BCUT2D eigenvalue weighted by molar-refractivity contribution is 0.177. The summed E-state index contributed by atoms with van der Waals surface area (Å²) < 4.78 is 0. The van der Waals surface area contributed by atoms with Gasteiger partial charge in [-0.2, -0.15) is 0 Å². The monoisotopic (exact) mass is 217 g/mol. The number of benzene rings is 1. The Balaban J connectivity index is 2.35. The van der Waals surface area contributed by atoms with Crippen LogP contribution in [-0.2, 0) is 0 Å². The first kappa shape index (κ1) is 10.9. The number of imidazole rings is 1. The van der Waals surface area contributed by atoms with Gasteiger partial charge in [0.2, 0.25) is 0 Å². The van der Waals surface area contributed by atoms with Crippen LogP contribution in [0.5, 0.6) is 0 Å². The highest BCUT2D eigenvalue weighted by Crippen LogP contribution is 2.22. The Morgan fingerprint density at radius 2 is 2.19 bits per heavy atom. The van der Waals surface area contributed by atoms with Crippen LogP contribution in [0.1, 0.15) is 17.5 Å². The number of hydrogen-bond donors (Lipinski definition) is 3. The van der Waals surface area contributed by atoms with Crippen molar-refractivity contribution in [2.24, 2.45) is 5.73 Å². The molecule has 4 N–H and O–H groups in total. The zero-order valence-electron chi connectivity index (χ0n) is 9.14. The third kappa shape index (κ3) is 1.98. The molecule has 1 atom stereocenters. The van der Waals surface area contributed by atoms with E-state index in [9.17, 15) is 5.11 Å². The number of hydrogen-bond acceptors (Lipinski definition) is 3. The van der Waals surface area contributed by atoms with Crippen LogP contribution in [0.2, 0.25) is 0 Å². The number of aryl methyl sites for hydroxylation is 1. The summed E-state index contributed by atoms with van der Waals surface area (Å²) in [7, 11) is 0. The van der Waals surface area contributed by atoms with Crippen molar-refractivity contribution in [3.05, 3.63) is 41.9 Å². The van der Waals surface area contributed by atoms with Gasteiger partial charge < -0.3 is 15.8 Å². The van der Waals surface area contributed by atoms with Crippen LogP contribution < -0.4 is 5.73 Å². The number of aliphatic hydroxyl groups excluding tert-OH is 1. The Hall–Kier alpha value is -1.65. The van der Waals surface area contributed by atoms with Crippen LogP contribution in [0.15, 0.2) is 30.5 Å². The molecule has 0 fully saturated rings. The zero-order chi connectivity index (χ0) is 11.5. The van der Waals surface area contributed by atoms with E-state index in [4.69, 9.17) is 5.73 Å². The average molecular weight is 217 g/mol. The van der Waals surface area contributed by atoms with Gasteiger partial charge in [-0.25, -0.2) is 4.98 Å². The predicted octanol–water partition coefficient (Wildman–Crippen LogP) is 1.38. The maximum atomic E-state index is 9.54. The van der Waals surface area contributed by atoms with Crippen LogP contribution >= 0.6 is 0 Å². The van der Waals surface area contributed by atoms with Crippen molar-refractivity contribution in [1.29, 1.82) is 0 Å². The molecule has 1 aromatic heterocycles. The quantitative estimate of drug-likeness (QED) is 0.727. The Labute approximate surface area is 94.1 Å². The molecule has 0 amide bonds. The summed E-state index contributed by atoms with van der Waals surface area (Å²) in [6, 6.07) is 8.02. The second-order valence-corrected chi connectivity index (χ2v) is 3.75. The maximum absolute atomic E-state index is 9.54. The highest BCUT2D eigenvalue weighted by atomic mass is 16.3. The molecule has 0 bridgehead atoms. The SMILES string of the molecule is Cc1ccccc1-c1cnc(C(O)CN)[nH]1. The summed E-state index contributed by atoms with van der Waals surface area (Å²) in [5.74, 6) is 0.515. The molecule has 0 aliphatic heterocycles. The maximum Gasteiger partial charge on any atom is 0.136 e. The van der Waals surface area contributed by atoms with Gasteiger partial charge in [0.15, 0.2) is 0 Å². The average Bonchev–Trinajstić information content (AvgIpc) is 2.78. The van der Waals surface area contributed by atoms with Gasteiger partial charge in [-0.1, -0.05) is 24.3 Å². The van der Waals surface area contributed by atoms with Crippen LogP contribution in [0.25, 0.3) is 11.3 Å². The fourth-order valence-electron chi connectivity index (χ4n) is 1.63. The molecule has 2 rings (SSSR count). The summed E-state index contributed by atoms with van der Waals surface area (Å²) in [4.78, 5) is 7.20. The van der Waals surface area contributed by atoms with Crippen LogP contribution in [0.3, 0.4) is 0 Å². The Morgan fingerprint density at radius 3 is 2.88 bits per heavy atom. The van der Waals surface area contributed by atoms with Gasteiger partial charge in [0.1, 0.15) is 11.9 Å². The number of aromatic nitrogens is 2. The van der Waals surface area contributed by atoms with Crippen molar-refractivity contribution in [3.63, 3.8) is 0 Å². The van der Waals surface area contributed by atoms with Crippen LogP contribution in [0.4, 0.5) is 0 Å². The van der Waals surface area contributed by atoms with Crippen LogP contribution in [0, 0.1) is 6.92 Å². The lowest BCUT2D eigenvalue weighted by Crippen LogP contribution is -2.12. The molecular weight excluding hydrogens is 202 g/mol. The fourth-order valence-corrected chi connectivity index (χ4v) is 1.63. The summed E-state index contributed by atoms with van der Waals surface area (Å²) in [6.45, 7) is 2.20. The molecule has 4 heteroatoms. The van der Waals surface area contributed by atoms with Gasteiger partial charge in [-0.15, -0.1) is 0 Å². The van der Waals surface area contributed by atoms with E-state index in [1.54, 1.807) is 6.20 Å². The molecule has 2 aromatic rings. The van der Waals surface area contributed by atoms with E-state index in [1.165, 1.54) is 5.56 Å². The number of rotatable bonds is 3. The molecule has 16 heavy (non-hydrogen) atoms. The summed E-state index contributed by atoms with van der Waals surface area (Å²) in [5.41, 5.74) is 8.53. The number of nitrogens with zero attached hydrogens (tertiary/aromatic N) is 1. The minimum Gasteiger partial charge on any atom is -0.384 e. The van der Waals surface area contributed by atoms with Gasteiger partial charge in [0.05, 0.1) is 11.9 Å². The third-order valence-corrected chi connectivity index (χ3v) is 2.57. The second-order valence-electron chi connectivity index (χ2n) is 3.75. The number of nitrogens with one attached hydrogen (secondary N) is 1. The normalized spacial score (nSPS) is 12.7. The summed E-state index contributed by atoms with van der Waals surface area (Å²) in [5, 5.41) is 9.54. The predicted molar refractivity (Wildman–Crippen MR) is 62.8 cm³/mol. The zero-order valence-corrected chi connectivity index (χ0v) is 9.14. The van der Waals surface area contributed by atoms with E-state index in [1.807, 2.05) is 31.2 Å². The van der Waals surface area contributed by atoms with Crippen molar-refractivity contribution >= 4 is 0 Å². The molecule has 1 heterocycles. The first-order valence-corrected chi connectivity index (χ1v) is 5.21. The minimum absolute atomic E-state index is 0.167. The molecule has 0 saturated carbocycles. The third-order valence-electron chi connectivity index (χ3n) is 2.57. The summed E-state index contributed by atoms with van der Waals surface area (Å²) in [6.07, 6.45) is 0.995. The molecule has 0 spiro atoms. The number of aliphatic hydroxyl groups is 1. The number of aromatic amines is 1. The van der Waals surface area contributed by atoms with Gasteiger partial charge in [-0.3, -0.25) is 0 Å². The molecule has 0 radical (unpaired) electrons. The number of nitrogens with two attached hydrogens (primary N) is 1. The Morgan fingerprint density at radius 1 is 1.44 bits per heavy atom. The van der Waals surface area contributed by atoms with E-state index in [-0.39, 0.29) is 6.54 Å². The molecule has 1 unspecified atom stereocenters. The molecule has 84 valence electrons. The topological polar surface area (TPSA) is 74.9 Å². The molecule has 1 aromatic carbocycles. The van der Waals surface area contributed by atoms with E-state index >= 15 is 0 Å². The molecule has 4 nitrogen and oxygen atoms in total. The first-order valence-electron chi connectivity index (χ1n) is 5.21. The van der Waals surface area contributed by atoms with Crippen molar-refractivity contribution < 1.29 is 5.11 Å². The van der Waals surface area contributed by atoms with Gasteiger partial charge >= 0.3 is 0 Å². The largest absolute Gasteiger partial charge is 0.384 e. The molecule has 0 aliphatic carbocycles. The Bertz CT molecular complexity index is 479. The van der Waals surface area contributed by atoms with Crippen LogP contribution in [-0.4, -0.2) is 21.6 Å². The lowest BCUT2D eigenvalue weighted by Gasteiger charge is -2.04. The van der Waals surface area contributed by atoms with E-state index < -0.39 is 6.10 Å². The van der Waals surface area contributed by atoms with Crippen molar-refractivity contribution in [2.75, 3.05) is 6.54 Å². The van der Waals surface area contributed by atoms with Crippen molar-refractivity contribution in [1.82, 2.24) is 9.97 Å². The van der Waals surface area contributed by atoms with E-state index in [0.717, 1.165) is 11.3 Å². The Kier molecular flexibility index (Phi) is 3.03. The van der Waals surface area contributed by atoms with Crippen molar-refractivity contribution in [2.45, 2.75) is 13.0 Å². The van der Waals surface area contributed by atoms with Gasteiger partial charge in [-0.05, 0) is 12.5 Å². The summed E-state index contributed by atoms with van der Waals surface area (Å²) >= 11 is 0. The fraction of sp³-hybridized carbons (Fsp3) is 0.250. The highest BCUT2D eigenvalue weighted by molar-refractivity contribution is 5.62.